The van der Waals surface area contributed by atoms with Gasteiger partial charge in [-0.3, -0.25) is 9.59 Å². The predicted molar refractivity (Wildman–Crippen MR) is 114 cm³/mol. The fourth-order valence-electron chi connectivity index (χ4n) is 3.95. The van der Waals surface area contributed by atoms with Crippen molar-refractivity contribution in [3.05, 3.63) is 29.5 Å². The second kappa shape index (κ2) is 8.52. The number of amides is 1. The number of carbonyl (C=O) groups is 2. The molecule has 0 spiro atoms. The van der Waals surface area contributed by atoms with E-state index in [0.29, 0.717) is 60.9 Å². The lowest BCUT2D eigenvalue weighted by Crippen LogP contribution is -2.40. The Morgan fingerprint density at radius 3 is 2.61 bits per heavy atom. The van der Waals surface area contributed by atoms with Crippen molar-refractivity contribution in [3.63, 3.8) is 0 Å². The summed E-state index contributed by atoms with van der Waals surface area (Å²) in [6, 6.07) is 5.19. The lowest BCUT2D eigenvalue weighted by atomic mass is 10.0. The highest BCUT2D eigenvalue weighted by Crippen LogP contribution is 2.36. The van der Waals surface area contributed by atoms with Crippen molar-refractivity contribution in [1.29, 1.82) is 0 Å². The summed E-state index contributed by atoms with van der Waals surface area (Å²) < 4.78 is 34.6. The van der Waals surface area contributed by atoms with E-state index in [-0.39, 0.29) is 29.6 Å². The molecule has 1 aromatic carbocycles. The zero-order valence-corrected chi connectivity index (χ0v) is 18.5. The highest BCUT2D eigenvalue weighted by atomic mass is 32.2. The van der Waals surface area contributed by atoms with Gasteiger partial charge in [-0.25, -0.2) is 8.42 Å². The molecule has 0 atom stereocenters. The summed E-state index contributed by atoms with van der Waals surface area (Å²) in [5.74, 6) is -0.204. The second-order valence-corrected chi connectivity index (χ2v) is 9.68. The fourth-order valence-corrected chi connectivity index (χ4v) is 5.61. The van der Waals surface area contributed by atoms with E-state index < -0.39 is 10.0 Å². The summed E-state index contributed by atoms with van der Waals surface area (Å²) in [7, 11) is -3.71. The molecule has 3 heterocycles. The standard InChI is InChI=1S/C21H26N4O5S/c1-3-4-16-20(21-22-18(26)7-8-19(27)25(21)23-16)15-6-5-14(2)17(13-15)31(28,29)24-9-11-30-12-10-24/h5-6,13H,3-4,7-12H2,1-2H3,(H,22,26). The molecule has 2 aliphatic rings. The molecule has 1 aromatic heterocycles. The summed E-state index contributed by atoms with van der Waals surface area (Å²) in [5.41, 5.74) is 2.50. The van der Waals surface area contributed by atoms with Crippen LogP contribution in [0.25, 0.3) is 11.1 Å². The first-order chi connectivity index (χ1) is 14.8. The van der Waals surface area contributed by atoms with Crippen LogP contribution in [0.1, 0.15) is 42.2 Å². The van der Waals surface area contributed by atoms with Crippen molar-refractivity contribution in [2.45, 2.75) is 44.4 Å². The van der Waals surface area contributed by atoms with E-state index in [1.807, 2.05) is 13.0 Å². The van der Waals surface area contributed by atoms with Gasteiger partial charge in [0.1, 0.15) is 5.82 Å². The van der Waals surface area contributed by atoms with E-state index in [1.165, 1.54) is 8.99 Å². The normalized spacial score (nSPS) is 17.9. The molecule has 2 aromatic rings. The number of carbonyl (C=O) groups excluding carboxylic acids is 2. The first kappa shape index (κ1) is 21.7. The third-order valence-electron chi connectivity index (χ3n) is 5.57. The van der Waals surface area contributed by atoms with Crippen molar-refractivity contribution in [1.82, 2.24) is 14.1 Å². The fraction of sp³-hybridized carbons (Fsp3) is 0.476. The SMILES string of the molecule is CCCc1nn2c(c1-c1ccc(C)c(S(=O)(=O)N3CCOCC3)c1)NC(=O)CCC2=O. The number of hydrogen-bond donors (Lipinski definition) is 1. The van der Waals surface area contributed by atoms with Gasteiger partial charge in [0.05, 0.1) is 23.8 Å². The third kappa shape index (κ3) is 4.02. The van der Waals surface area contributed by atoms with Crippen molar-refractivity contribution in [3.8, 4) is 11.1 Å². The lowest BCUT2D eigenvalue weighted by molar-refractivity contribution is -0.116. The van der Waals surface area contributed by atoms with E-state index in [1.54, 1.807) is 19.1 Å². The molecule has 1 N–H and O–H groups in total. The van der Waals surface area contributed by atoms with Gasteiger partial charge in [0.2, 0.25) is 21.8 Å². The molecule has 2 aliphatic heterocycles. The molecule has 0 aliphatic carbocycles. The Hall–Kier alpha value is -2.56. The van der Waals surface area contributed by atoms with Gasteiger partial charge in [-0.05, 0) is 30.5 Å². The number of ether oxygens (including phenoxy) is 1. The van der Waals surface area contributed by atoms with E-state index in [9.17, 15) is 18.0 Å². The Labute approximate surface area is 181 Å². The Kier molecular flexibility index (Phi) is 5.96. The average Bonchev–Trinajstić information content (AvgIpc) is 3.04. The zero-order valence-electron chi connectivity index (χ0n) is 17.7. The Balaban J connectivity index is 1.86. The number of nitrogens with zero attached hydrogens (tertiary/aromatic N) is 3. The maximum Gasteiger partial charge on any atom is 0.249 e. The number of sulfonamides is 1. The molecule has 166 valence electrons. The maximum absolute atomic E-state index is 13.3. The number of benzene rings is 1. The van der Waals surface area contributed by atoms with Crippen LogP contribution in [-0.2, 0) is 26.0 Å². The first-order valence-electron chi connectivity index (χ1n) is 10.5. The van der Waals surface area contributed by atoms with E-state index >= 15 is 0 Å². The Morgan fingerprint density at radius 2 is 1.90 bits per heavy atom. The Bertz CT molecular complexity index is 1130. The predicted octanol–water partition coefficient (Wildman–Crippen LogP) is 2.20. The number of morpholine rings is 1. The van der Waals surface area contributed by atoms with Crippen molar-refractivity contribution in [2.24, 2.45) is 0 Å². The van der Waals surface area contributed by atoms with Crippen LogP contribution in [-0.4, -0.2) is 60.6 Å². The molecular formula is C21H26N4O5S. The van der Waals surface area contributed by atoms with Crippen LogP contribution in [0.4, 0.5) is 5.82 Å². The molecule has 0 unspecified atom stereocenters. The van der Waals surface area contributed by atoms with Gasteiger partial charge >= 0.3 is 0 Å². The molecule has 9 nitrogen and oxygen atoms in total. The smallest absolute Gasteiger partial charge is 0.249 e. The highest BCUT2D eigenvalue weighted by molar-refractivity contribution is 7.89. The summed E-state index contributed by atoms with van der Waals surface area (Å²) in [6.45, 7) is 5.10. The first-order valence-corrected chi connectivity index (χ1v) is 11.9. The van der Waals surface area contributed by atoms with Crippen LogP contribution >= 0.6 is 0 Å². The van der Waals surface area contributed by atoms with Crippen LogP contribution in [0, 0.1) is 6.92 Å². The molecule has 31 heavy (non-hydrogen) atoms. The molecule has 1 saturated heterocycles. The molecule has 4 rings (SSSR count). The van der Waals surface area contributed by atoms with Crippen molar-refractivity contribution < 1.29 is 22.7 Å². The number of anilines is 1. The van der Waals surface area contributed by atoms with Gasteiger partial charge in [-0.1, -0.05) is 25.5 Å². The third-order valence-corrected chi connectivity index (χ3v) is 7.61. The number of rotatable bonds is 5. The van der Waals surface area contributed by atoms with Crippen LogP contribution in [0.5, 0.6) is 0 Å². The summed E-state index contributed by atoms with van der Waals surface area (Å²) >= 11 is 0. The summed E-state index contributed by atoms with van der Waals surface area (Å²) in [5, 5.41) is 7.27. The lowest BCUT2D eigenvalue weighted by Gasteiger charge is -2.27. The zero-order chi connectivity index (χ0) is 22.2. The van der Waals surface area contributed by atoms with Crippen LogP contribution in [0.15, 0.2) is 23.1 Å². The topological polar surface area (TPSA) is 111 Å². The molecule has 10 heteroatoms. The van der Waals surface area contributed by atoms with Crippen molar-refractivity contribution >= 4 is 27.7 Å². The molecule has 1 amide bonds. The average molecular weight is 447 g/mol. The molecular weight excluding hydrogens is 420 g/mol. The largest absolute Gasteiger partial charge is 0.379 e. The highest BCUT2D eigenvalue weighted by Gasteiger charge is 2.31. The van der Waals surface area contributed by atoms with Gasteiger partial charge in [-0.2, -0.15) is 14.1 Å². The van der Waals surface area contributed by atoms with Crippen LogP contribution < -0.4 is 5.32 Å². The minimum Gasteiger partial charge on any atom is -0.379 e. The summed E-state index contributed by atoms with van der Waals surface area (Å²) in [6.07, 6.45) is 1.56. The molecule has 0 radical (unpaired) electrons. The molecule has 1 fully saturated rings. The number of nitrogens with one attached hydrogen (secondary N) is 1. The van der Waals surface area contributed by atoms with Crippen LogP contribution in [0.2, 0.25) is 0 Å². The van der Waals surface area contributed by atoms with E-state index in [4.69, 9.17) is 4.74 Å². The van der Waals surface area contributed by atoms with Crippen molar-refractivity contribution in [2.75, 3.05) is 31.6 Å². The van der Waals surface area contributed by atoms with Crippen LogP contribution in [0.3, 0.4) is 0 Å². The van der Waals surface area contributed by atoms with Gasteiger partial charge < -0.3 is 10.1 Å². The molecule has 0 bridgehead atoms. The minimum atomic E-state index is -3.71. The minimum absolute atomic E-state index is 0.0794. The van der Waals surface area contributed by atoms with Gasteiger partial charge in [-0.15, -0.1) is 0 Å². The van der Waals surface area contributed by atoms with Gasteiger partial charge in [0.15, 0.2) is 0 Å². The van der Waals surface area contributed by atoms with E-state index in [0.717, 1.165) is 6.42 Å². The quantitative estimate of drug-likeness (QED) is 0.754. The van der Waals surface area contributed by atoms with Gasteiger partial charge in [0, 0.05) is 31.5 Å². The monoisotopic (exact) mass is 446 g/mol. The van der Waals surface area contributed by atoms with Gasteiger partial charge in [0.25, 0.3) is 0 Å². The van der Waals surface area contributed by atoms with E-state index in [2.05, 4.69) is 10.4 Å². The second-order valence-electron chi connectivity index (χ2n) is 7.77. The number of hydrogen-bond acceptors (Lipinski definition) is 6. The Morgan fingerprint density at radius 1 is 1.16 bits per heavy atom. The number of aryl methyl sites for hydroxylation is 2. The maximum atomic E-state index is 13.3. The molecule has 0 saturated carbocycles. The summed E-state index contributed by atoms with van der Waals surface area (Å²) in [4.78, 5) is 25.0. The number of fused-ring (bicyclic) bond motifs is 1. The number of aromatic nitrogens is 2.